The number of fused-ring (bicyclic) bond motifs is 1. The Morgan fingerprint density at radius 3 is 2.62 bits per heavy atom. The van der Waals surface area contributed by atoms with Crippen molar-refractivity contribution in [2.45, 2.75) is 19.5 Å². The van der Waals surface area contributed by atoms with Crippen molar-refractivity contribution in [1.29, 1.82) is 0 Å². The zero-order valence-corrected chi connectivity index (χ0v) is 14.2. The van der Waals surface area contributed by atoms with Crippen molar-refractivity contribution in [2.24, 2.45) is 0 Å². The minimum Gasteiger partial charge on any atom is -0.497 e. The Kier molecular flexibility index (Phi) is 4.60. The fourth-order valence-electron chi connectivity index (χ4n) is 3.05. The van der Waals surface area contributed by atoms with E-state index in [0.717, 1.165) is 23.4 Å². The minimum atomic E-state index is -0.270. The number of amides is 1. The largest absolute Gasteiger partial charge is 0.497 e. The number of para-hydroxylation sites is 1. The molecule has 5 heteroatoms. The molecule has 1 amide bonds. The van der Waals surface area contributed by atoms with Gasteiger partial charge in [0.05, 0.1) is 19.8 Å². The predicted octanol–water partition coefficient (Wildman–Crippen LogP) is 3.68. The van der Waals surface area contributed by atoms with Crippen LogP contribution < -0.4 is 14.8 Å². The van der Waals surface area contributed by atoms with Crippen molar-refractivity contribution < 1.29 is 14.3 Å². The molecule has 0 aliphatic carbocycles. The van der Waals surface area contributed by atoms with Crippen molar-refractivity contribution >= 4 is 11.6 Å². The predicted molar refractivity (Wildman–Crippen MR) is 93.7 cm³/mol. The van der Waals surface area contributed by atoms with Crippen LogP contribution in [0.4, 0.5) is 5.69 Å². The molecule has 1 N–H and O–H groups in total. The number of anilines is 1. The summed E-state index contributed by atoms with van der Waals surface area (Å²) in [4.78, 5) is 14.8. The number of methoxy groups -OCH3 is 2. The molecule has 24 heavy (non-hydrogen) atoms. The van der Waals surface area contributed by atoms with Gasteiger partial charge in [-0.3, -0.25) is 4.79 Å². The first-order valence-corrected chi connectivity index (χ1v) is 8.08. The van der Waals surface area contributed by atoms with Crippen LogP contribution in [0.3, 0.4) is 0 Å². The molecule has 126 valence electrons. The lowest BCUT2D eigenvalue weighted by atomic mass is 10.0. The van der Waals surface area contributed by atoms with Gasteiger partial charge >= 0.3 is 0 Å². The van der Waals surface area contributed by atoms with Crippen molar-refractivity contribution in [2.75, 3.05) is 26.1 Å². The third-order valence-corrected chi connectivity index (χ3v) is 4.22. The normalized spacial score (nSPS) is 16.4. The number of benzene rings is 2. The number of nitrogens with one attached hydrogen (secondary N) is 1. The summed E-state index contributed by atoms with van der Waals surface area (Å²) >= 11 is 0. The fraction of sp³-hybridized carbons (Fsp3) is 0.316. The van der Waals surface area contributed by atoms with Crippen molar-refractivity contribution in [1.82, 2.24) is 4.90 Å². The second-order valence-electron chi connectivity index (χ2n) is 5.70. The molecule has 1 atom stereocenters. The highest BCUT2D eigenvalue weighted by atomic mass is 16.5. The van der Waals surface area contributed by atoms with Gasteiger partial charge in [-0.2, -0.15) is 0 Å². The van der Waals surface area contributed by atoms with E-state index in [1.54, 1.807) is 14.2 Å². The zero-order chi connectivity index (χ0) is 17.1. The zero-order valence-electron chi connectivity index (χ0n) is 14.2. The summed E-state index contributed by atoms with van der Waals surface area (Å²) in [7, 11) is 3.25. The van der Waals surface area contributed by atoms with Crippen molar-refractivity contribution in [3.8, 4) is 11.5 Å². The van der Waals surface area contributed by atoms with Crippen LogP contribution in [0.15, 0.2) is 42.5 Å². The molecule has 0 saturated carbocycles. The molecule has 0 fully saturated rings. The van der Waals surface area contributed by atoms with E-state index < -0.39 is 0 Å². The summed E-state index contributed by atoms with van der Waals surface area (Å²) in [5.41, 5.74) is 2.46. The van der Waals surface area contributed by atoms with E-state index in [0.29, 0.717) is 17.9 Å². The molecule has 0 aromatic heterocycles. The second-order valence-corrected chi connectivity index (χ2v) is 5.70. The molecule has 0 saturated heterocycles. The van der Waals surface area contributed by atoms with Crippen molar-refractivity contribution in [3.63, 3.8) is 0 Å². The van der Waals surface area contributed by atoms with E-state index in [9.17, 15) is 4.79 Å². The van der Waals surface area contributed by atoms with E-state index >= 15 is 0 Å². The molecular formula is C19H22N2O3. The molecule has 0 unspecified atom stereocenters. The third-order valence-electron chi connectivity index (χ3n) is 4.22. The van der Waals surface area contributed by atoms with Gasteiger partial charge in [0.1, 0.15) is 17.7 Å². The summed E-state index contributed by atoms with van der Waals surface area (Å²) in [6.07, 6.45) is 0.609. The summed E-state index contributed by atoms with van der Waals surface area (Å²) in [5.74, 6) is 1.45. The van der Waals surface area contributed by atoms with E-state index in [4.69, 9.17) is 9.47 Å². The number of rotatable bonds is 5. The molecule has 0 bridgehead atoms. The van der Waals surface area contributed by atoms with Gasteiger partial charge in [-0.15, -0.1) is 0 Å². The van der Waals surface area contributed by atoms with Gasteiger partial charge < -0.3 is 19.7 Å². The standard InChI is InChI=1S/C19H22N2O3/c1-4-11-21-18(15-10-9-13(23-2)12-17(15)24-3)20-16-8-6-5-7-14(16)19(21)22/h5-10,12,18,20H,4,11H2,1-3H3/t18-/m1/s1. The van der Waals surface area contributed by atoms with E-state index in [1.165, 1.54) is 0 Å². The van der Waals surface area contributed by atoms with E-state index in [-0.39, 0.29) is 12.1 Å². The molecule has 3 rings (SSSR count). The van der Waals surface area contributed by atoms with Crippen LogP contribution in [0.5, 0.6) is 11.5 Å². The van der Waals surface area contributed by atoms with Crippen LogP contribution >= 0.6 is 0 Å². The lowest BCUT2D eigenvalue weighted by Gasteiger charge is -2.38. The Bertz CT molecular complexity index is 745. The Morgan fingerprint density at radius 1 is 1.12 bits per heavy atom. The quantitative estimate of drug-likeness (QED) is 0.910. The maximum absolute atomic E-state index is 12.9. The number of carbonyl (C=O) groups is 1. The summed E-state index contributed by atoms with van der Waals surface area (Å²) in [5, 5.41) is 3.48. The number of hydrogen-bond donors (Lipinski definition) is 1. The number of ether oxygens (including phenoxy) is 2. The van der Waals surface area contributed by atoms with Crippen LogP contribution in [0, 0.1) is 0 Å². The van der Waals surface area contributed by atoms with E-state index in [1.807, 2.05) is 47.4 Å². The average molecular weight is 326 g/mol. The van der Waals surface area contributed by atoms with Crippen LogP contribution in [-0.4, -0.2) is 31.6 Å². The van der Waals surface area contributed by atoms with Gasteiger partial charge in [-0.1, -0.05) is 19.1 Å². The first kappa shape index (κ1) is 16.2. The highest BCUT2D eigenvalue weighted by Gasteiger charge is 2.33. The van der Waals surface area contributed by atoms with Gasteiger partial charge in [0.2, 0.25) is 0 Å². The second kappa shape index (κ2) is 6.83. The molecule has 1 aliphatic rings. The summed E-state index contributed by atoms with van der Waals surface area (Å²) in [6, 6.07) is 13.3. The topological polar surface area (TPSA) is 50.8 Å². The van der Waals surface area contributed by atoms with E-state index in [2.05, 4.69) is 12.2 Å². The highest BCUT2D eigenvalue weighted by Crippen LogP contribution is 2.38. The minimum absolute atomic E-state index is 0.0362. The molecule has 0 spiro atoms. The number of carbonyl (C=O) groups excluding carboxylic acids is 1. The summed E-state index contributed by atoms with van der Waals surface area (Å²) < 4.78 is 10.8. The number of nitrogens with zero attached hydrogens (tertiary/aromatic N) is 1. The smallest absolute Gasteiger partial charge is 0.257 e. The lowest BCUT2D eigenvalue weighted by molar-refractivity contribution is 0.0681. The highest BCUT2D eigenvalue weighted by molar-refractivity contribution is 6.01. The Balaban J connectivity index is 2.07. The molecule has 1 heterocycles. The van der Waals surface area contributed by atoms with Crippen LogP contribution in [0.1, 0.15) is 35.4 Å². The fourth-order valence-corrected chi connectivity index (χ4v) is 3.05. The maximum Gasteiger partial charge on any atom is 0.257 e. The molecule has 1 aliphatic heterocycles. The van der Waals surface area contributed by atoms with Crippen LogP contribution in [0.2, 0.25) is 0 Å². The van der Waals surface area contributed by atoms with Gasteiger partial charge in [-0.05, 0) is 30.7 Å². The maximum atomic E-state index is 12.9. The van der Waals surface area contributed by atoms with Crippen LogP contribution in [-0.2, 0) is 0 Å². The first-order chi connectivity index (χ1) is 11.7. The van der Waals surface area contributed by atoms with Gasteiger partial charge in [0.25, 0.3) is 5.91 Å². The van der Waals surface area contributed by atoms with Gasteiger partial charge in [-0.25, -0.2) is 0 Å². The lowest BCUT2D eigenvalue weighted by Crippen LogP contribution is -2.43. The Morgan fingerprint density at radius 2 is 1.92 bits per heavy atom. The molecule has 2 aromatic carbocycles. The molecule has 5 nitrogen and oxygen atoms in total. The van der Waals surface area contributed by atoms with Gasteiger partial charge in [0.15, 0.2) is 0 Å². The van der Waals surface area contributed by atoms with Crippen molar-refractivity contribution in [3.05, 3.63) is 53.6 Å². The third kappa shape index (κ3) is 2.77. The SMILES string of the molecule is CCCN1C(=O)c2ccccc2N[C@H]1c1ccc(OC)cc1OC. The Hall–Kier alpha value is -2.69. The van der Waals surface area contributed by atoms with Gasteiger partial charge in [0, 0.05) is 23.9 Å². The monoisotopic (exact) mass is 326 g/mol. The molecular weight excluding hydrogens is 304 g/mol. The summed E-state index contributed by atoms with van der Waals surface area (Å²) in [6.45, 7) is 2.73. The average Bonchev–Trinajstić information content (AvgIpc) is 2.63. The number of hydrogen-bond acceptors (Lipinski definition) is 4. The molecule has 2 aromatic rings. The Labute approximate surface area is 142 Å². The first-order valence-electron chi connectivity index (χ1n) is 8.08. The van der Waals surface area contributed by atoms with Crippen LogP contribution in [0.25, 0.3) is 0 Å². The molecule has 0 radical (unpaired) electrons.